The van der Waals surface area contributed by atoms with Crippen molar-refractivity contribution in [2.45, 2.75) is 19.3 Å². The second-order valence-electron chi connectivity index (χ2n) is 4.45. The highest BCUT2D eigenvalue weighted by Crippen LogP contribution is 2.29. The lowest BCUT2D eigenvalue weighted by molar-refractivity contribution is 0.321. The average molecular weight is 218 g/mol. The molecule has 0 radical (unpaired) electrons. The van der Waals surface area contributed by atoms with Gasteiger partial charge in [0.15, 0.2) is 0 Å². The van der Waals surface area contributed by atoms with Crippen LogP contribution >= 0.6 is 0 Å². The Hall–Kier alpha value is -1.56. The number of nitriles is 1. The molecule has 1 aromatic carbocycles. The second kappa shape index (κ2) is 4.52. The van der Waals surface area contributed by atoms with Crippen molar-refractivity contribution >= 4 is 5.69 Å². The number of anilines is 1. The Labute approximate surface area is 95.3 Å². The first-order valence-electron chi connectivity index (χ1n) is 5.61. The normalized spacial score (nSPS) is 15.3. The number of hydrogen-bond donors (Lipinski definition) is 0. The summed E-state index contributed by atoms with van der Waals surface area (Å²) in [5, 5.41) is 8.95. The van der Waals surface area contributed by atoms with Crippen molar-refractivity contribution in [2.75, 3.05) is 18.5 Å². The minimum Gasteiger partial charge on any atom is -0.373 e. The SMILES string of the molecule is CN(CC1CCC1)c1ccc(F)cc1C#N. The molecule has 0 bridgehead atoms. The Balaban J connectivity index is 2.15. The number of nitrogens with zero attached hydrogens (tertiary/aromatic N) is 2. The highest BCUT2D eigenvalue weighted by atomic mass is 19.1. The van der Waals surface area contributed by atoms with Crippen LogP contribution < -0.4 is 4.90 Å². The van der Waals surface area contributed by atoms with Crippen LogP contribution in [-0.4, -0.2) is 13.6 Å². The zero-order chi connectivity index (χ0) is 11.5. The van der Waals surface area contributed by atoms with E-state index in [0.717, 1.165) is 18.2 Å². The second-order valence-corrected chi connectivity index (χ2v) is 4.45. The van der Waals surface area contributed by atoms with Gasteiger partial charge in [-0.25, -0.2) is 4.39 Å². The van der Waals surface area contributed by atoms with E-state index in [4.69, 9.17) is 5.26 Å². The third kappa shape index (κ3) is 2.16. The van der Waals surface area contributed by atoms with Crippen LogP contribution in [0.15, 0.2) is 18.2 Å². The largest absolute Gasteiger partial charge is 0.373 e. The Morgan fingerprint density at radius 2 is 2.25 bits per heavy atom. The maximum absolute atomic E-state index is 13.0. The number of benzene rings is 1. The summed E-state index contributed by atoms with van der Waals surface area (Å²) in [6.07, 6.45) is 3.86. The van der Waals surface area contributed by atoms with Gasteiger partial charge in [0, 0.05) is 13.6 Å². The highest BCUT2D eigenvalue weighted by Gasteiger charge is 2.20. The standard InChI is InChI=1S/C13H15FN2/c1-16(9-10-3-2-4-10)13-6-5-12(14)7-11(13)8-15/h5-7,10H,2-4,9H2,1H3. The molecule has 2 nitrogen and oxygen atoms in total. The fourth-order valence-corrected chi connectivity index (χ4v) is 2.09. The van der Waals surface area contributed by atoms with E-state index in [1.165, 1.54) is 31.4 Å². The molecule has 84 valence electrons. The molecule has 1 fully saturated rings. The topological polar surface area (TPSA) is 27.0 Å². The first-order chi connectivity index (χ1) is 7.70. The Bertz CT molecular complexity index is 418. The predicted octanol–water partition coefficient (Wildman–Crippen LogP) is 2.93. The van der Waals surface area contributed by atoms with Crippen molar-refractivity contribution in [3.05, 3.63) is 29.6 Å². The van der Waals surface area contributed by atoms with Crippen molar-refractivity contribution < 1.29 is 4.39 Å². The summed E-state index contributed by atoms with van der Waals surface area (Å²) in [4.78, 5) is 2.06. The molecule has 3 heteroatoms. The molecule has 0 unspecified atom stereocenters. The van der Waals surface area contributed by atoms with Gasteiger partial charge in [0.1, 0.15) is 11.9 Å². The summed E-state index contributed by atoms with van der Waals surface area (Å²) < 4.78 is 13.0. The third-order valence-electron chi connectivity index (χ3n) is 3.25. The lowest BCUT2D eigenvalue weighted by atomic mass is 9.85. The molecule has 0 atom stereocenters. The van der Waals surface area contributed by atoms with E-state index in [1.807, 2.05) is 13.1 Å². The van der Waals surface area contributed by atoms with Gasteiger partial charge in [-0.3, -0.25) is 0 Å². The highest BCUT2D eigenvalue weighted by molar-refractivity contribution is 5.58. The zero-order valence-electron chi connectivity index (χ0n) is 9.41. The quantitative estimate of drug-likeness (QED) is 0.780. The lowest BCUT2D eigenvalue weighted by Gasteiger charge is -2.31. The van der Waals surface area contributed by atoms with Crippen LogP contribution in [0.3, 0.4) is 0 Å². The molecule has 1 aliphatic carbocycles. The van der Waals surface area contributed by atoms with E-state index < -0.39 is 0 Å². The number of hydrogen-bond acceptors (Lipinski definition) is 2. The zero-order valence-corrected chi connectivity index (χ0v) is 9.41. The van der Waals surface area contributed by atoms with Crippen LogP contribution in [0.2, 0.25) is 0 Å². The maximum atomic E-state index is 13.0. The van der Waals surface area contributed by atoms with Gasteiger partial charge in [-0.15, -0.1) is 0 Å². The fourth-order valence-electron chi connectivity index (χ4n) is 2.09. The van der Waals surface area contributed by atoms with E-state index in [9.17, 15) is 4.39 Å². The number of rotatable bonds is 3. The minimum absolute atomic E-state index is 0.350. The molecule has 0 amide bonds. The fraction of sp³-hybridized carbons (Fsp3) is 0.462. The van der Waals surface area contributed by atoms with E-state index in [-0.39, 0.29) is 5.82 Å². The summed E-state index contributed by atoms with van der Waals surface area (Å²) in [7, 11) is 1.96. The van der Waals surface area contributed by atoms with Crippen molar-refractivity contribution in [1.29, 1.82) is 5.26 Å². The van der Waals surface area contributed by atoms with Gasteiger partial charge in [-0.2, -0.15) is 5.26 Å². The van der Waals surface area contributed by atoms with Gasteiger partial charge in [0.05, 0.1) is 11.3 Å². The van der Waals surface area contributed by atoms with Crippen LogP contribution in [0, 0.1) is 23.1 Å². The molecule has 0 heterocycles. The van der Waals surface area contributed by atoms with E-state index >= 15 is 0 Å². The molecule has 0 N–H and O–H groups in total. The lowest BCUT2D eigenvalue weighted by Crippen LogP contribution is -2.29. The molecule has 0 saturated heterocycles. The van der Waals surface area contributed by atoms with Gasteiger partial charge in [0.2, 0.25) is 0 Å². The van der Waals surface area contributed by atoms with Crippen molar-refractivity contribution in [3.8, 4) is 6.07 Å². The predicted molar refractivity (Wildman–Crippen MR) is 61.7 cm³/mol. The van der Waals surface area contributed by atoms with E-state index in [0.29, 0.717) is 5.56 Å². The van der Waals surface area contributed by atoms with Crippen molar-refractivity contribution in [2.24, 2.45) is 5.92 Å². The first-order valence-corrected chi connectivity index (χ1v) is 5.61. The summed E-state index contributed by atoms with van der Waals surface area (Å²) in [6, 6.07) is 6.44. The third-order valence-corrected chi connectivity index (χ3v) is 3.25. The smallest absolute Gasteiger partial charge is 0.124 e. The molecule has 1 saturated carbocycles. The molecule has 1 aliphatic rings. The molecule has 16 heavy (non-hydrogen) atoms. The van der Waals surface area contributed by atoms with Crippen molar-refractivity contribution in [1.82, 2.24) is 0 Å². The monoisotopic (exact) mass is 218 g/mol. The van der Waals surface area contributed by atoms with E-state index in [2.05, 4.69) is 4.90 Å². The van der Waals surface area contributed by atoms with Gasteiger partial charge in [-0.05, 0) is 37.0 Å². The number of halogens is 1. The van der Waals surface area contributed by atoms with Crippen LogP contribution in [-0.2, 0) is 0 Å². The summed E-state index contributed by atoms with van der Waals surface area (Å²) in [6.45, 7) is 0.959. The van der Waals surface area contributed by atoms with Crippen LogP contribution in [0.25, 0.3) is 0 Å². The molecular weight excluding hydrogens is 203 g/mol. The first kappa shape index (κ1) is 10.9. The summed E-state index contributed by atoms with van der Waals surface area (Å²) in [5.74, 6) is 0.388. The molecular formula is C13H15FN2. The molecule has 0 aliphatic heterocycles. The van der Waals surface area contributed by atoms with Crippen LogP contribution in [0.1, 0.15) is 24.8 Å². The molecule has 0 spiro atoms. The van der Waals surface area contributed by atoms with E-state index in [1.54, 1.807) is 6.07 Å². The van der Waals surface area contributed by atoms with Gasteiger partial charge in [-0.1, -0.05) is 6.42 Å². The summed E-state index contributed by atoms with van der Waals surface area (Å²) >= 11 is 0. The molecule has 1 aromatic rings. The van der Waals surface area contributed by atoms with Gasteiger partial charge >= 0.3 is 0 Å². The Morgan fingerprint density at radius 1 is 1.50 bits per heavy atom. The Morgan fingerprint density at radius 3 is 2.81 bits per heavy atom. The molecule has 2 rings (SSSR count). The Kier molecular flexibility index (Phi) is 3.09. The summed E-state index contributed by atoms with van der Waals surface area (Å²) in [5.41, 5.74) is 1.25. The van der Waals surface area contributed by atoms with Crippen molar-refractivity contribution in [3.63, 3.8) is 0 Å². The minimum atomic E-state index is -0.350. The van der Waals surface area contributed by atoms with Crippen LogP contribution in [0.4, 0.5) is 10.1 Å². The maximum Gasteiger partial charge on any atom is 0.124 e. The average Bonchev–Trinajstić information content (AvgIpc) is 2.23. The molecule has 0 aromatic heterocycles. The van der Waals surface area contributed by atoms with Gasteiger partial charge in [0.25, 0.3) is 0 Å². The van der Waals surface area contributed by atoms with Crippen LogP contribution in [0.5, 0.6) is 0 Å². The van der Waals surface area contributed by atoms with Gasteiger partial charge < -0.3 is 4.90 Å².